The molecule has 1 unspecified atom stereocenters. The van der Waals surface area contributed by atoms with Crippen molar-refractivity contribution < 1.29 is 39.0 Å². The first kappa shape index (κ1) is 21.5. The van der Waals surface area contributed by atoms with Gasteiger partial charge >= 0.3 is 21.0 Å². The van der Waals surface area contributed by atoms with Gasteiger partial charge < -0.3 is 0 Å². The van der Waals surface area contributed by atoms with Gasteiger partial charge in [0.05, 0.1) is 0 Å². The number of hydrogen-bond acceptors (Lipinski definition) is 3. The Morgan fingerprint density at radius 2 is 1.23 bits per heavy atom. The largest absolute Gasteiger partial charge is 0.519 e. The molecule has 0 amide bonds. The Bertz CT molecular complexity index is 558. The highest BCUT2D eigenvalue weighted by atomic mass is 32.3. The summed E-state index contributed by atoms with van der Waals surface area (Å²) in [6, 6.07) is 0. The smallest absolute Gasteiger partial charge is 0.240 e. The highest BCUT2D eigenvalue weighted by Crippen LogP contribution is 2.32. The van der Waals surface area contributed by atoms with Gasteiger partial charge in [-0.25, -0.2) is 4.21 Å². The molecule has 0 aliphatic carbocycles. The van der Waals surface area contributed by atoms with E-state index >= 15 is 0 Å². The Morgan fingerprint density at radius 1 is 0.773 bits per heavy atom. The second kappa shape index (κ2) is 7.84. The van der Waals surface area contributed by atoms with E-state index in [1.165, 1.54) is 0 Å². The van der Waals surface area contributed by atoms with E-state index in [9.17, 15) is 39.0 Å². The number of unbranched alkanes of at least 4 members (excludes halogenated alkanes) is 5. The van der Waals surface area contributed by atoms with Gasteiger partial charge in [-0.15, -0.1) is 0 Å². The fourth-order valence-corrected chi connectivity index (χ4v) is 4.54. The summed E-state index contributed by atoms with van der Waals surface area (Å²) in [5.74, 6) is -1.27. The number of sulfonamides is 1. The lowest BCUT2D eigenvalue weighted by atomic mass is 10.1. The average Bonchev–Trinajstić information content (AvgIpc) is 2.30. The van der Waals surface area contributed by atoms with Crippen molar-refractivity contribution in [2.24, 2.45) is 3.77 Å². The minimum Gasteiger partial charge on any atom is -0.240 e. The summed E-state index contributed by atoms with van der Waals surface area (Å²) in [4.78, 5) is 0. The number of alkyl halides is 6. The first-order chi connectivity index (χ1) is 9.77. The van der Waals surface area contributed by atoms with Crippen LogP contribution in [-0.2, 0) is 19.8 Å². The molecule has 0 heterocycles. The molecule has 0 aromatic carbocycles. The first-order valence-electron chi connectivity index (χ1n) is 6.40. The molecule has 12 heteroatoms. The molecular formula is C10H17F6NO3S2. The molecule has 0 rings (SSSR count). The Labute approximate surface area is 125 Å². The van der Waals surface area contributed by atoms with E-state index in [1.54, 1.807) is 3.77 Å². The molecule has 22 heavy (non-hydrogen) atoms. The zero-order valence-corrected chi connectivity index (χ0v) is 13.3. The number of rotatable bonds is 8. The average molecular weight is 377 g/mol. The van der Waals surface area contributed by atoms with Gasteiger partial charge in [0.25, 0.3) is 0 Å². The highest BCUT2D eigenvalue weighted by Gasteiger charge is 2.51. The van der Waals surface area contributed by atoms with Gasteiger partial charge in [0.15, 0.2) is 9.73 Å². The van der Waals surface area contributed by atoms with Crippen LogP contribution in [0, 0.1) is 0 Å². The summed E-state index contributed by atoms with van der Waals surface area (Å²) >= 11 is 0. The minimum absolute atomic E-state index is 0.203. The van der Waals surface area contributed by atoms with Crippen LogP contribution in [0.1, 0.15) is 45.4 Å². The normalized spacial score (nSPS) is 16.3. The fraction of sp³-hybridized carbons (Fsp3) is 1.00. The van der Waals surface area contributed by atoms with Gasteiger partial charge in [-0.3, -0.25) is 0 Å². The molecule has 0 radical (unpaired) electrons. The molecule has 0 aromatic heterocycles. The predicted octanol–water partition coefficient (Wildman–Crippen LogP) is 4.18. The van der Waals surface area contributed by atoms with Crippen LogP contribution in [0.25, 0.3) is 0 Å². The van der Waals surface area contributed by atoms with Crippen LogP contribution >= 0.6 is 0 Å². The zero-order valence-electron chi connectivity index (χ0n) is 11.7. The second-order valence-corrected chi connectivity index (χ2v) is 8.71. The van der Waals surface area contributed by atoms with Crippen LogP contribution in [0.2, 0.25) is 0 Å². The number of nitrogens with zero attached hydrogens (tertiary/aromatic N) is 1. The molecule has 0 saturated heterocycles. The third-order valence-corrected chi connectivity index (χ3v) is 6.55. The molecule has 0 aliphatic rings. The fourth-order valence-electron chi connectivity index (χ4n) is 1.47. The molecular weight excluding hydrogens is 360 g/mol. The van der Waals surface area contributed by atoms with Crippen molar-refractivity contribution in [2.45, 2.75) is 56.5 Å². The van der Waals surface area contributed by atoms with Gasteiger partial charge in [-0.1, -0.05) is 42.8 Å². The lowest BCUT2D eigenvalue weighted by molar-refractivity contribution is -0.0442. The van der Waals surface area contributed by atoms with Crippen LogP contribution in [0.5, 0.6) is 0 Å². The molecule has 0 aromatic rings. The maximum Gasteiger partial charge on any atom is 0.519 e. The highest BCUT2D eigenvalue weighted by molar-refractivity contribution is 8.04. The third-order valence-electron chi connectivity index (χ3n) is 2.65. The second-order valence-electron chi connectivity index (χ2n) is 4.55. The molecule has 0 fully saturated rings. The lowest BCUT2D eigenvalue weighted by Crippen LogP contribution is -2.30. The summed E-state index contributed by atoms with van der Waals surface area (Å²) in [6.45, 7) is 1.91. The lowest BCUT2D eigenvalue weighted by Gasteiger charge is -2.14. The molecule has 0 N–H and O–H groups in total. The van der Waals surface area contributed by atoms with Gasteiger partial charge in [0, 0.05) is 5.75 Å². The van der Waals surface area contributed by atoms with Crippen molar-refractivity contribution in [1.29, 1.82) is 0 Å². The molecule has 4 nitrogen and oxygen atoms in total. The SMILES string of the molecule is CCCCCCCCS(=O)(=NS(=O)(=O)C(F)(F)F)C(F)(F)F. The van der Waals surface area contributed by atoms with E-state index in [0.29, 0.717) is 6.42 Å². The van der Waals surface area contributed by atoms with Crippen LogP contribution < -0.4 is 0 Å². The summed E-state index contributed by atoms with van der Waals surface area (Å²) in [6.07, 6.45) is 2.86. The summed E-state index contributed by atoms with van der Waals surface area (Å²) in [5, 5.41) is 0. The van der Waals surface area contributed by atoms with E-state index in [4.69, 9.17) is 0 Å². The monoisotopic (exact) mass is 377 g/mol. The van der Waals surface area contributed by atoms with Crippen molar-refractivity contribution in [3.8, 4) is 0 Å². The van der Waals surface area contributed by atoms with Gasteiger partial charge in [0.2, 0.25) is 0 Å². The topological polar surface area (TPSA) is 63.6 Å². The quantitative estimate of drug-likeness (QED) is 0.471. The molecule has 134 valence electrons. The summed E-state index contributed by atoms with van der Waals surface area (Å²) < 4.78 is 109. The van der Waals surface area contributed by atoms with Crippen molar-refractivity contribution in [2.75, 3.05) is 5.75 Å². The maximum atomic E-state index is 12.7. The minimum atomic E-state index is -6.46. The van der Waals surface area contributed by atoms with Gasteiger partial charge in [-0.2, -0.15) is 34.8 Å². The zero-order chi connectivity index (χ0) is 17.7. The molecule has 0 bridgehead atoms. The van der Waals surface area contributed by atoms with E-state index in [2.05, 4.69) is 0 Å². The molecule has 1 atom stereocenters. The third kappa shape index (κ3) is 6.31. The Hall–Kier alpha value is -0.520. The molecule has 0 saturated carbocycles. The Morgan fingerprint density at radius 3 is 1.64 bits per heavy atom. The van der Waals surface area contributed by atoms with Crippen molar-refractivity contribution in [1.82, 2.24) is 0 Å². The number of hydrogen-bond donors (Lipinski definition) is 0. The van der Waals surface area contributed by atoms with Gasteiger partial charge in [-0.05, 0) is 6.42 Å². The molecule has 0 aliphatic heterocycles. The maximum absolute atomic E-state index is 12.7. The number of halogens is 6. The van der Waals surface area contributed by atoms with Crippen LogP contribution in [0.3, 0.4) is 0 Å². The van der Waals surface area contributed by atoms with Crippen molar-refractivity contribution in [3.63, 3.8) is 0 Å². The summed E-state index contributed by atoms with van der Waals surface area (Å²) in [7, 11) is -12.0. The van der Waals surface area contributed by atoms with Gasteiger partial charge in [0.1, 0.15) is 0 Å². The van der Waals surface area contributed by atoms with Crippen LogP contribution in [0.4, 0.5) is 26.3 Å². The van der Waals surface area contributed by atoms with E-state index in [-0.39, 0.29) is 12.8 Å². The Balaban J connectivity index is 5.19. The van der Waals surface area contributed by atoms with Crippen LogP contribution in [-0.4, -0.2) is 29.4 Å². The van der Waals surface area contributed by atoms with E-state index < -0.39 is 36.5 Å². The Kier molecular flexibility index (Phi) is 7.66. The summed E-state index contributed by atoms with van der Waals surface area (Å²) in [5.41, 5.74) is -11.7. The van der Waals surface area contributed by atoms with Crippen LogP contribution in [0.15, 0.2) is 3.77 Å². The van der Waals surface area contributed by atoms with E-state index in [0.717, 1.165) is 19.3 Å². The standard InChI is InChI=1S/C10H17F6NO3S2/c1-2-3-4-5-6-7-8-21(18,9(11,12)13)17-22(19,20)10(14,15)16/h2-8H2,1H3. The van der Waals surface area contributed by atoms with E-state index in [1.807, 2.05) is 6.92 Å². The first-order valence-corrected chi connectivity index (χ1v) is 9.53. The van der Waals surface area contributed by atoms with Crippen molar-refractivity contribution in [3.05, 3.63) is 0 Å². The molecule has 0 spiro atoms. The van der Waals surface area contributed by atoms with Crippen molar-refractivity contribution >= 4 is 19.8 Å². The predicted molar refractivity (Wildman–Crippen MR) is 69.8 cm³/mol.